The van der Waals surface area contributed by atoms with Crippen molar-refractivity contribution >= 4 is 38.9 Å². The van der Waals surface area contributed by atoms with Crippen molar-refractivity contribution in [3.63, 3.8) is 0 Å². The van der Waals surface area contributed by atoms with Gasteiger partial charge in [-0.2, -0.15) is 0 Å². The van der Waals surface area contributed by atoms with Crippen molar-refractivity contribution in [1.82, 2.24) is 4.72 Å². The number of benzene rings is 1. The molecule has 0 bridgehead atoms. The summed E-state index contributed by atoms with van der Waals surface area (Å²) in [5.74, 6) is 0. The van der Waals surface area contributed by atoms with Gasteiger partial charge >= 0.3 is 0 Å². The maximum atomic E-state index is 12.1. The zero-order valence-corrected chi connectivity index (χ0v) is 12.0. The minimum absolute atomic E-state index is 0.0382. The Morgan fingerprint density at radius 1 is 1.39 bits per heavy atom. The summed E-state index contributed by atoms with van der Waals surface area (Å²) in [6.07, 6.45) is 0.295. The average Bonchev–Trinajstić information content (AvgIpc) is 2.13. The van der Waals surface area contributed by atoms with E-state index in [1.165, 1.54) is 12.1 Å². The monoisotopic (exact) mass is 312 g/mol. The Bertz CT molecular complexity index is 511. The second-order valence-corrected chi connectivity index (χ2v) is 6.31. The smallest absolute Gasteiger partial charge is 0.243 e. The number of sulfonamides is 1. The number of halogens is 2. The van der Waals surface area contributed by atoms with E-state index in [1.54, 1.807) is 6.92 Å². The van der Waals surface area contributed by atoms with Gasteiger partial charge in [0.05, 0.1) is 10.0 Å². The lowest BCUT2D eigenvalue weighted by molar-refractivity contribution is 0.275. The normalized spacial score (nSPS) is 13.6. The molecule has 0 saturated carbocycles. The molecule has 0 aromatic heterocycles. The van der Waals surface area contributed by atoms with E-state index in [4.69, 9.17) is 34.0 Å². The van der Waals surface area contributed by atoms with Crippen LogP contribution in [-0.2, 0) is 10.0 Å². The largest absolute Gasteiger partial charge is 0.399 e. The lowest BCUT2D eigenvalue weighted by Gasteiger charge is -2.15. The molecule has 1 rings (SSSR count). The maximum Gasteiger partial charge on any atom is 0.243 e. The molecule has 102 valence electrons. The molecule has 0 aliphatic carbocycles. The predicted molar refractivity (Wildman–Crippen MR) is 72.4 cm³/mol. The van der Waals surface area contributed by atoms with Crippen LogP contribution < -0.4 is 10.5 Å². The highest BCUT2D eigenvalue weighted by Crippen LogP contribution is 2.31. The number of hydrogen-bond donors (Lipinski definition) is 3. The van der Waals surface area contributed by atoms with Gasteiger partial charge in [-0.05, 0) is 25.5 Å². The van der Waals surface area contributed by atoms with Crippen LogP contribution in [0.3, 0.4) is 0 Å². The summed E-state index contributed by atoms with van der Waals surface area (Å²) in [5, 5.41) is 8.67. The summed E-state index contributed by atoms with van der Waals surface area (Å²) >= 11 is 11.7. The highest BCUT2D eigenvalue weighted by atomic mass is 35.5. The first-order valence-corrected chi connectivity index (χ1v) is 7.39. The standard InChI is InChI=1S/C10H14Cl2N2O3S/c1-6(2-3-15)14-18(16,17)10-8(11)4-7(13)5-9(10)12/h4-6,14-15H,2-3,13H2,1H3. The van der Waals surface area contributed by atoms with Crippen molar-refractivity contribution in [3.8, 4) is 0 Å². The van der Waals surface area contributed by atoms with Crippen LogP contribution in [0, 0.1) is 0 Å². The summed E-state index contributed by atoms with van der Waals surface area (Å²) in [4.78, 5) is -0.204. The van der Waals surface area contributed by atoms with Gasteiger partial charge in [-0.1, -0.05) is 23.2 Å². The van der Waals surface area contributed by atoms with Gasteiger partial charge in [0.1, 0.15) is 4.90 Å². The Kier molecular flexibility index (Phi) is 5.24. The number of nitrogen functional groups attached to an aromatic ring is 1. The van der Waals surface area contributed by atoms with E-state index in [0.717, 1.165) is 0 Å². The van der Waals surface area contributed by atoms with Crippen LogP contribution in [0.5, 0.6) is 0 Å². The molecule has 0 saturated heterocycles. The molecule has 18 heavy (non-hydrogen) atoms. The molecule has 1 aromatic carbocycles. The fourth-order valence-electron chi connectivity index (χ4n) is 1.41. The Balaban J connectivity index is 3.13. The Morgan fingerprint density at radius 2 is 1.89 bits per heavy atom. The van der Waals surface area contributed by atoms with Gasteiger partial charge in [-0.15, -0.1) is 0 Å². The third-order valence-electron chi connectivity index (χ3n) is 2.21. The summed E-state index contributed by atoms with van der Waals surface area (Å²) in [7, 11) is -3.84. The van der Waals surface area contributed by atoms with Gasteiger partial charge in [0, 0.05) is 18.3 Å². The van der Waals surface area contributed by atoms with Crippen LogP contribution in [-0.4, -0.2) is 26.2 Å². The Hall–Kier alpha value is -0.530. The van der Waals surface area contributed by atoms with E-state index in [-0.39, 0.29) is 27.2 Å². The van der Waals surface area contributed by atoms with Crippen LogP contribution in [0.25, 0.3) is 0 Å². The van der Waals surface area contributed by atoms with E-state index in [0.29, 0.717) is 6.42 Å². The van der Waals surface area contributed by atoms with E-state index in [2.05, 4.69) is 4.72 Å². The Morgan fingerprint density at radius 3 is 2.33 bits per heavy atom. The molecule has 1 unspecified atom stereocenters. The zero-order valence-electron chi connectivity index (χ0n) is 9.65. The van der Waals surface area contributed by atoms with Crippen molar-refractivity contribution in [2.24, 2.45) is 0 Å². The van der Waals surface area contributed by atoms with Crippen LogP contribution >= 0.6 is 23.2 Å². The number of aliphatic hydroxyl groups excluding tert-OH is 1. The molecule has 0 aliphatic heterocycles. The van der Waals surface area contributed by atoms with Gasteiger partial charge in [0.25, 0.3) is 0 Å². The first-order chi connectivity index (χ1) is 8.27. The van der Waals surface area contributed by atoms with Crippen LogP contribution in [0.2, 0.25) is 10.0 Å². The van der Waals surface area contributed by atoms with E-state index >= 15 is 0 Å². The van der Waals surface area contributed by atoms with Crippen LogP contribution in [0.1, 0.15) is 13.3 Å². The van der Waals surface area contributed by atoms with Gasteiger partial charge < -0.3 is 10.8 Å². The van der Waals surface area contributed by atoms with E-state index in [9.17, 15) is 8.42 Å². The fraction of sp³-hybridized carbons (Fsp3) is 0.400. The summed E-state index contributed by atoms with van der Waals surface area (Å²) in [6, 6.07) is 2.21. The van der Waals surface area contributed by atoms with Gasteiger partial charge in [0.15, 0.2) is 0 Å². The van der Waals surface area contributed by atoms with Gasteiger partial charge in [0.2, 0.25) is 10.0 Å². The molecule has 0 fully saturated rings. The van der Waals surface area contributed by atoms with Crippen molar-refractivity contribution in [1.29, 1.82) is 0 Å². The molecule has 8 heteroatoms. The molecule has 0 aliphatic rings. The summed E-state index contributed by atoms with van der Waals surface area (Å²) < 4.78 is 26.5. The third kappa shape index (κ3) is 3.73. The number of nitrogens with one attached hydrogen (secondary N) is 1. The lowest BCUT2D eigenvalue weighted by atomic mass is 10.3. The molecule has 0 heterocycles. The lowest BCUT2D eigenvalue weighted by Crippen LogP contribution is -2.33. The molecule has 4 N–H and O–H groups in total. The Labute approximate surface area is 116 Å². The molecule has 1 aromatic rings. The minimum atomic E-state index is -3.84. The second kappa shape index (κ2) is 6.08. The second-order valence-electron chi connectivity index (χ2n) is 3.85. The molecule has 0 spiro atoms. The number of nitrogens with two attached hydrogens (primary N) is 1. The van der Waals surface area contributed by atoms with Crippen molar-refractivity contribution < 1.29 is 13.5 Å². The van der Waals surface area contributed by atoms with Crippen molar-refractivity contribution in [2.75, 3.05) is 12.3 Å². The van der Waals surface area contributed by atoms with E-state index < -0.39 is 16.1 Å². The molecular weight excluding hydrogens is 299 g/mol. The van der Waals surface area contributed by atoms with E-state index in [1.807, 2.05) is 0 Å². The molecular formula is C10H14Cl2N2O3S. The number of hydrogen-bond acceptors (Lipinski definition) is 4. The highest BCUT2D eigenvalue weighted by Gasteiger charge is 2.23. The quantitative estimate of drug-likeness (QED) is 0.720. The first kappa shape index (κ1) is 15.5. The number of rotatable bonds is 5. The molecule has 0 amide bonds. The number of anilines is 1. The number of aliphatic hydroxyl groups is 1. The minimum Gasteiger partial charge on any atom is -0.399 e. The predicted octanol–water partition coefficient (Wildman–Crippen LogP) is 1.62. The third-order valence-corrected chi connectivity index (χ3v) is 4.72. The summed E-state index contributed by atoms with van der Waals surface area (Å²) in [6.45, 7) is 1.51. The highest BCUT2D eigenvalue weighted by molar-refractivity contribution is 7.89. The average molecular weight is 313 g/mol. The van der Waals surface area contributed by atoms with Gasteiger partial charge in [-0.3, -0.25) is 0 Å². The molecule has 5 nitrogen and oxygen atoms in total. The maximum absolute atomic E-state index is 12.1. The van der Waals surface area contributed by atoms with Crippen LogP contribution in [0.4, 0.5) is 5.69 Å². The van der Waals surface area contributed by atoms with Crippen molar-refractivity contribution in [2.45, 2.75) is 24.3 Å². The summed E-state index contributed by atoms with van der Waals surface area (Å²) in [5.41, 5.74) is 5.79. The van der Waals surface area contributed by atoms with Gasteiger partial charge in [-0.25, -0.2) is 13.1 Å². The topological polar surface area (TPSA) is 92.4 Å². The van der Waals surface area contributed by atoms with Crippen molar-refractivity contribution in [3.05, 3.63) is 22.2 Å². The SMILES string of the molecule is CC(CCO)NS(=O)(=O)c1c(Cl)cc(N)cc1Cl. The first-order valence-electron chi connectivity index (χ1n) is 5.15. The molecule has 0 radical (unpaired) electrons. The molecule has 1 atom stereocenters. The fourth-order valence-corrected chi connectivity index (χ4v) is 3.92. The zero-order chi connectivity index (χ0) is 13.9. The van der Waals surface area contributed by atoms with Crippen LogP contribution in [0.15, 0.2) is 17.0 Å².